The number of anilines is 2. The van der Waals surface area contributed by atoms with Gasteiger partial charge in [0.2, 0.25) is 0 Å². The van der Waals surface area contributed by atoms with Gasteiger partial charge in [0.05, 0.1) is 17.9 Å². The average Bonchev–Trinajstić information content (AvgIpc) is 3.58. The normalized spacial score (nSPS) is 19.8. The highest BCUT2D eigenvalue weighted by Gasteiger charge is 2.41. The highest BCUT2D eigenvalue weighted by Crippen LogP contribution is 2.41. The van der Waals surface area contributed by atoms with Crippen molar-refractivity contribution in [1.29, 1.82) is 0 Å². The number of carbonyl (C=O) groups is 3. The zero-order valence-corrected chi connectivity index (χ0v) is 23.9. The fourth-order valence-electron chi connectivity index (χ4n) is 6.82. The Bertz CT molecular complexity index is 1680. The van der Waals surface area contributed by atoms with Gasteiger partial charge >= 0.3 is 5.69 Å². The quantitative estimate of drug-likeness (QED) is 0.433. The van der Waals surface area contributed by atoms with Crippen LogP contribution in [0, 0.1) is 18.2 Å². The summed E-state index contributed by atoms with van der Waals surface area (Å²) >= 11 is 0. The van der Waals surface area contributed by atoms with Crippen molar-refractivity contribution in [2.45, 2.75) is 83.1 Å². The predicted octanol–water partition coefficient (Wildman–Crippen LogP) is 3.46. The standard InChI is InChI=1S/C19H15FN2O4.C13H18N2O2/c1-2-7-21-15-9-14(13(20)8-16(15)26-10-17(21)23)22-18(24)11-5-3-4-6-12(11)19(22)25;16-12-10-7-4-8-11(10)14-13(17)15(12)9-5-2-1-3-6-9/h1,8-9H,3-7,10H2;9H,1-8H2,(H,14,17). The van der Waals surface area contributed by atoms with Crippen molar-refractivity contribution in [3.8, 4) is 18.1 Å². The van der Waals surface area contributed by atoms with Crippen LogP contribution >= 0.6 is 0 Å². The third-order valence-corrected chi connectivity index (χ3v) is 8.96. The number of nitrogens with one attached hydrogen (secondary N) is 1. The van der Waals surface area contributed by atoms with E-state index in [9.17, 15) is 28.4 Å². The molecule has 1 saturated carbocycles. The molecule has 0 bridgehead atoms. The zero-order valence-electron chi connectivity index (χ0n) is 23.9. The second kappa shape index (κ2) is 11.7. The first-order valence-corrected chi connectivity index (χ1v) is 15.0. The Morgan fingerprint density at radius 3 is 2.26 bits per heavy atom. The number of amides is 3. The van der Waals surface area contributed by atoms with Crippen molar-refractivity contribution >= 4 is 29.1 Å². The molecular formula is C32H33FN4O6. The number of halogens is 1. The summed E-state index contributed by atoms with van der Waals surface area (Å²) in [5, 5.41) is 0. The largest absolute Gasteiger partial charge is 0.481 e. The van der Waals surface area contributed by atoms with Crippen LogP contribution < -0.4 is 25.8 Å². The molecule has 3 amide bonds. The number of carbonyl (C=O) groups excluding carboxylic acids is 3. The van der Waals surface area contributed by atoms with Crippen molar-refractivity contribution < 1.29 is 23.5 Å². The van der Waals surface area contributed by atoms with Gasteiger partial charge in [0.15, 0.2) is 12.4 Å². The van der Waals surface area contributed by atoms with E-state index >= 15 is 0 Å². The van der Waals surface area contributed by atoms with E-state index in [-0.39, 0.29) is 53.5 Å². The lowest BCUT2D eigenvalue weighted by Crippen LogP contribution is -2.40. The molecule has 1 N–H and O–H groups in total. The van der Waals surface area contributed by atoms with Gasteiger partial charge in [-0.15, -0.1) is 6.42 Å². The maximum Gasteiger partial charge on any atom is 0.328 e. The lowest BCUT2D eigenvalue weighted by molar-refractivity contribution is -0.121. The minimum absolute atomic E-state index is 0.0170. The Kier molecular flexibility index (Phi) is 7.77. The molecule has 1 aromatic carbocycles. The van der Waals surface area contributed by atoms with Crippen molar-refractivity contribution in [2.75, 3.05) is 23.0 Å². The Morgan fingerprint density at radius 2 is 1.58 bits per heavy atom. The van der Waals surface area contributed by atoms with Gasteiger partial charge in [-0.25, -0.2) is 14.1 Å². The highest BCUT2D eigenvalue weighted by molar-refractivity contribution is 6.33. The van der Waals surface area contributed by atoms with Crippen LogP contribution in [0.1, 0.15) is 81.5 Å². The van der Waals surface area contributed by atoms with Gasteiger partial charge in [-0.2, -0.15) is 0 Å². The van der Waals surface area contributed by atoms with E-state index in [1.807, 2.05) is 0 Å². The van der Waals surface area contributed by atoms with Gasteiger partial charge < -0.3 is 9.72 Å². The summed E-state index contributed by atoms with van der Waals surface area (Å²) in [7, 11) is 0. The molecule has 224 valence electrons. The molecule has 43 heavy (non-hydrogen) atoms. The van der Waals surface area contributed by atoms with E-state index in [2.05, 4.69) is 10.9 Å². The van der Waals surface area contributed by atoms with Gasteiger partial charge in [0, 0.05) is 34.5 Å². The number of benzene rings is 1. The van der Waals surface area contributed by atoms with Crippen molar-refractivity contribution in [3.63, 3.8) is 0 Å². The number of H-pyrrole nitrogens is 1. The molecule has 1 aromatic heterocycles. The van der Waals surface area contributed by atoms with E-state index in [0.717, 1.165) is 80.0 Å². The molecule has 0 spiro atoms. The number of hydrogen-bond donors (Lipinski definition) is 1. The number of aryl methyl sites for hydroxylation is 1. The van der Waals surface area contributed by atoms with Crippen LogP contribution in [0.5, 0.6) is 5.75 Å². The molecule has 0 radical (unpaired) electrons. The first-order chi connectivity index (χ1) is 20.8. The molecular weight excluding hydrogens is 555 g/mol. The fraction of sp³-hybridized carbons (Fsp3) is 0.469. The van der Waals surface area contributed by atoms with E-state index < -0.39 is 17.6 Å². The molecule has 3 aliphatic carbocycles. The number of imide groups is 1. The Hall–Kier alpha value is -4.46. The maximum atomic E-state index is 14.7. The number of hydrogen-bond acceptors (Lipinski definition) is 6. The summed E-state index contributed by atoms with van der Waals surface area (Å²) in [5.41, 5.74) is 2.52. The van der Waals surface area contributed by atoms with Gasteiger partial charge in [-0.3, -0.25) is 28.6 Å². The Labute approximate surface area is 247 Å². The van der Waals surface area contributed by atoms with Crippen LogP contribution in [0.25, 0.3) is 0 Å². The second-order valence-corrected chi connectivity index (χ2v) is 11.6. The van der Waals surface area contributed by atoms with E-state index in [1.165, 1.54) is 22.0 Å². The second-order valence-electron chi connectivity index (χ2n) is 11.6. The van der Waals surface area contributed by atoms with Gasteiger partial charge in [0.1, 0.15) is 5.75 Å². The number of terminal acetylenes is 1. The van der Waals surface area contributed by atoms with E-state index in [1.54, 1.807) is 0 Å². The molecule has 3 heterocycles. The summed E-state index contributed by atoms with van der Waals surface area (Å²) in [6.07, 6.45) is 16.1. The van der Waals surface area contributed by atoms with Crippen LogP contribution in [0.3, 0.4) is 0 Å². The minimum atomic E-state index is -0.764. The number of aromatic amines is 1. The van der Waals surface area contributed by atoms with Crippen LogP contribution in [0.4, 0.5) is 15.8 Å². The summed E-state index contributed by atoms with van der Waals surface area (Å²) in [4.78, 5) is 66.8. The summed E-state index contributed by atoms with van der Waals surface area (Å²) in [5.74, 6) is 0.406. The molecule has 10 nitrogen and oxygen atoms in total. The van der Waals surface area contributed by atoms with Crippen molar-refractivity contribution in [3.05, 3.63) is 61.2 Å². The molecule has 2 aliphatic heterocycles. The van der Waals surface area contributed by atoms with Gasteiger partial charge in [-0.05, 0) is 63.9 Å². The number of aromatic nitrogens is 2. The number of rotatable bonds is 3. The SMILES string of the molecule is C#CCN1C(=O)COc2cc(F)c(N3C(=O)C4=C(CCCC4)C3=O)cc21.O=c1[nH]c2c(c(=O)n1C1CCCCC1)CCC2. The third kappa shape index (κ3) is 5.09. The number of nitrogens with zero attached hydrogens (tertiary/aromatic N) is 3. The highest BCUT2D eigenvalue weighted by atomic mass is 19.1. The molecule has 0 atom stereocenters. The Balaban J connectivity index is 0.000000167. The van der Waals surface area contributed by atoms with Crippen molar-refractivity contribution in [1.82, 2.24) is 9.55 Å². The van der Waals surface area contributed by atoms with E-state index in [4.69, 9.17) is 11.2 Å². The number of fused-ring (bicyclic) bond motifs is 2. The van der Waals surface area contributed by atoms with Crippen LogP contribution in [0.15, 0.2) is 32.9 Å². The van der Waals surface area contributed by atoms with E-state index in [0.29, 0.717) is 24.0 Å². The Morgan fingerprint density at radius 1 is 0.884 bits per heavy atom. The van der Waals surface area contributed by atoms with Crippen LogP contribution in [-0.4, -0.2) is 40.4 Å². The monoisotopic (exact) mass is 588 g/mol. The van der Waals surface area contributed by atoms with Crippen molar-refractivity contribution in [2.24, 2.45) is 0 Å². The molecule has 1 fully saturated rings. The summed E-state index contributed by atoms with van der Waals surface area (Å²) < 4.78 is 21.4. The number of ether oxygens (including phenoxy) is 1. The first kappa shape index (κ1) is 28.6. The maximum absolute atomic E-state index is 14.7. The molecule has 7 rings (SSSR count). The summed E-state index contributed by atoms with van der Waals surface area (Å²) in [6, 6.07) is 2.50. The van der Waals surface area contributed by atoms with Crippen LogP contribution in [-0.2, 0) is 27.2 Å². The molecule has 5 aliphatic rings. The molecule has 2 aromatic rings. The lowest BCUT2D eigenvalue weighted by atomic mass is 9.93. The lowest BCUT2D eigenvalue weighted by Gasteiger charge is -2.29. The predicted molar refractivity (Wildman–Crippen MR) is 157 cm³/mol. The smallest absolute Gasteiger partial charge is 0.328 e. The first-order valence-electron chi connectivity index (χ1n) is 15.0. The van der Waals surface area contributed by atoms with Gasteiger partial charge in [0.25, 0.3) is 23.3 Å². The fourth-order valence-corrected chi connectivity index (χ4v) is 6.82. The topological polar surface area (TPSA) is 122 Å². The molecule has 0 unspecified atom stereocenters. The van der Waals surface area contributed by atoms with Gasteiger partial charge in [-0.1, -0.05) is 25.2 Å². The van der Waals surface area contributed by atoms with Crippen LogP contribution in [0.2, 0.25) is 0 Å². The summed E-state index contributed by atoms with van der Waals surface area (Å²) in [6.45, 7) is -0.262. The third-order valence-electron chi connectivity index (χ3n) is 8.96. The zero-order chi connectivity index (χ0) is 30.2. The average molecular weight is 589 g/mol. The molecule has 0 saturated heterocycles. The molecule has 11 heteroatoms. The minimum Gasteiger partial charge on any atom is -0.481 e.